The summed E-state index contributed by atoms with van der Waals surface area (Å²) in [6.45, 7) is 12.7. The molecule has 0 saturated carbocycles. The van der Waals surface area contributed by atoms with Gasteiger partial charge in [-0.3, -0.25) is 4.68 Å². The van der Waals surface area contributed by atoms with Gasteiger partial charge in [-0.25, -0.2) is 0 Å². The predicted octanol–water partition coefficient (Wildman–Crippen LogP) is 3.20. The number of aryl methyl sites for hydroxylation is 1. The Balaban J connectivity index is 3.28. The number of rotatable bonds is 2. The third-order valence-corrected chi connectivity index (χ3v) is 4.03. The second kappa shape index (κ2) is 4.49. The summed E-state index contributed by atoms with van der Waals surface area (Å²) in [5, 5.41) is 4.59. The van der Waals surface area contributed by atoms with Gasteiger partial charge in [0.25, 0.3) is 0 Å². The van der Waals surface area contributed by atoms with Crippen molar-refractivity contribution in [1.29, 1.82) is 0 Å². The molecule has 0 amide bonds. The van der Waals surface area contributed by atoms with E-state index in [0.29, 0.717) is 0 Å². The second-order valence-corrected chi connectivity index (χ2v) is 6.39. The summed E-state index contributed by atoms with van der Waals surface area (Å²) in [6.07, 6.45) is 0. The van der Waals surface area contributed by atoms with Gasteiger partial charge in [0.15, 0.2) is 0 Å². The average Bonchev–Trinajstić information content (AvgIpc) is 2.31. The van der Waals surface area contributed by atoms with Gasteiger partial charge in [0.2, 0.25) is 0 Å². The fourth-order valence-corrected chi connectivity index (χ4v) is 2.55. The highest BCUT2D eigenvalue weighted by Crippen LogP contribution is 2.35. The molecule has 1 aromatic heterocycles. The molecule has 0 spiro atoms. The van der Waals surface area contributed by atoms with Crippen LogP contribution in [-0.4, -0.2) is 15.8 Å². The van der Waals surface area contributed by atoms with Gasteiger partial charge < -0.3 is 5.73 Å². The molecule has 1 heterocycles. The van der Waals surface area contributed by atoms with Crippen molar-refractivity contribution in [2.45, 2.75) is 53.6 Å². The first-order valence-corrected chi connectivity index (χ1v) is 6.42. The van der Waals surface area contributed by atoms with Crippen molar-refractivity contribution in [2.24, 2.45) is 11.1 Å². The van der Waals surface area contributed by atoms with Crippen LogP contribution in [0, 0.1) is 19.3 Å². The molecule has 2 unspecified atom stereocenters. The van der Waals surface area contributed by atoms with Crippen molar-refractivity contribution >= 4 is 15.9 Å². The monoisotopic (exact) mass is 287 g/mol. The van der Waals surface area contributed by atoms with E-state index in [1.807, 2.05) is 13.8 Å². The largest absolute Gasteiger partial charge is 0.326 e. The highest BCUT2D eigenvalue weighted by molar-refractivity contribution is 9.10. The van der Waals surface area contributed by atoms with E-state index in [4.69, 9.17) is 5.73 Å². The maximum Gasteiger partial charge on any atom is 0.0738 e. The quantitative estimate of drug-likeness (QED) is 0.908. The molecule has 1 aromatic rings. The van der Waals surface area contributed by atoms with Gasteiger partial charge in [0, 0.05) is 6.04 Å². The lowest BCUT2D eigenvalue weighted by molar-refractivity contribution is 0.193. The number of hydrogen-bond acceptors (Lipinski definition) is 2. The van der Waals surface area contributed by atoms with Gasteiger partial charge in [-0.15, -0.1) is 0 Å². The van der Waals surface area contributed by atoms with Crippen LogP contribution in [0.25, 0.3) is 0 Å². The van der Waals surface area contributed by atoms with Crippen LogP contribution in [0.5, 0.6) is 0 Å². The zero-order valence-electron chi connectivity index (χ0n) is 11.0. The lowest BCUT2D eigenvalue weighted by atomic mass is 9.83. The average molecular weight is 288 g/mol. The van der Waals surface area contributed by atoms with Gasteiger partial charge in [0.1, 0.15) is 0 Å². The maximum atomic E-state index is 6.11. The number of halogens is 1. The molecule has 0 aliphatic heterocycles. The molecule has 2 N–H and O–H groups in total. The van der Waals surface area contributed by atoms with Crippen molar-refractivity contribution in [1.82, 2.24) is 9.78 Å². The van der Waals surface area contributed by atoms with Crippen LogP contribution >= 0.6 is 15.9 Å². The van der Waals surface area contributed by atoms with Gasteiger partial charge in [0.05, 0.1) is 21.9 Å². The normalized spacial score (nSPS) is 16.2. The minimum absolute atomic E-state index is 0.0740. The Morgan fingerprint density at radius 3 is 2.06 bits per heavy atom. The maximum absolute atomic E-state index is 6.11. The fourth-order valence-electron chi connectivity index (χ4n) is 2.29. The van der Waals surface area contributed by atoms with Gasteiger partial charge in [-0.05, 0) is 42.1 Å². The van der Waals surface area contributed by atoms with E-state index < -0.39 is 0 Å². The summed E-state index contributed by atoms with van der Waals surface area (Å²) in [5.74, 6) is 0. The highest BCUT2D eigenvalue weighted by atomic mass is 79.9. The minimum atomic E-state index is 0.0740. The minimum Gasteiger partial charge on any atom is -0.326 e. The summed E-state index contributed by atoms with van der Waals surface area (Å²) < 4.78 is 3.15. The molecule has 1 rings (SSSR count). The molecule has 3 nitrogen and oxygen atoms in total. The first kappa shape index (κ1) is 13.7. The molecular weight excluding hydrogens is 266 g/mol. The zero-order chi connectivity index (χ0) is 12.7. The molecule has 0 bridgehead atoms. The third-order valence-electron chi connectivity index (χ3n) is 2.89. The van der Waals surface area contributed by atoms with Gasteiger partial charge in [-0.1, -0.05) is 20.8 Å². The predicted molar refractivity (Wildman–Crippen MR) is 71.5 cm³/mol. The van der Waals surface area contributed by atoms with Crippen LogP contribution < -0.4 is 5.73 Å². The van der Waals surface area contributed by atoms with Crippen LogP contribution in [0.3, 0.4) is 0 Å². The molecule has 4 heteroatoms. The van der Waals surface area contributed by atoms with E-state index in [2.05, 4.69) is 53.4 Å². The molecule has 2 atom stereocenters. The molecule has 92 valence electrons. The van der Waals surface area contributed by atoms with Crippen molar-refractivity contribution < 1.29 is 0 Å². The standard InChI is InChI=1S/C12H22BrN3/c1-7(14)11(12(4,5)6)16-9(3)10(13)8(2)15-16/h7,11H,14H2,1-6H3. The van der Waals surface area contributed by atoms with E-state index in [9.17, 15) is 0 Å². The first-order chi connectivity index (χ1) is 7.16. The van der Waals surface area contributed by atoms with Crippen LogP contribution in [0.1, 0.15) is 45.1 Å². The lowest BCUT2D eigenvalue weighted by Gasteiger charge is -2.34. The lowest BCUT2D eigenvalue weighted by Crippen LogP contribution is -2.39. The van der Waals surface area contributed by atoms with Crippen molar-refractivity contribution in [2.75, 3.05) is 0 Å². The zero-order valence-corrected chi connectivity index (χ0v) is 12.6. The summed E-state index contributed by atoms with van der Waals surface area (Å²) in [6, 6.07) is 0.280. The molecule has 0 radical (unpaired) electrons. The van der Waals surface area contributed by atoms with Crippen LogP contribution in [0.15, 0.2) is 4.47 Å². The molecule has 0 fully saturated rings. The van der Waals surface area contributed by atoms with Crippen molar-refractivity contribution in [3.8, 4) is 0 Å². The van der Waals surface area contributed by atoms with Crippen molar-refractivity contribution in [3.63, 3.8) is 0 Å². The Hall–Kier alpha value is -0.350. The van der Waals surface area contributed by atoms with E-state index in [0.717, 1.165) is 15.9 Å². The second-order valence-electron chi connectivity index (χ2n) is 5.60. The fraction of sp³-hybridized carbons (Fsp3) is 0.750. The Kier molecular flexibility index (Phi) is 3.85. The number of aromatic nitrogens is 2. The number of hydrogen-bond donors (Lipinski definition) is 1. The highest BCUT2D eigenvalue weighted by Gasteiger charge is 2.32. The summed E-state index contributed by atoms with van der Waals surface area (Å²) in [5.41, 5.74) is 8.37. The summed E-state index contributed by atoms with van der Waals surface area (Å²) >= 11 is 3.56. The Labute approximate surface area is 107 Å². The van der Waals surface area contributed by atoms with Crippen LogP contribution in [0.2, 0.25) is 0 Å². The topological polar surface area (TPSA) is 43.8 Å². The Morgan fingerprint density at radius 1 is 1.31 bits per heavy atom. The SMILES string of the molecule is Cc1nn(C(C(C)N)C(C)(C)C)c(C)c1Br. The molecular formula is C12H22BrN3. The van der Waals surface area contributed by atoms with Gasteiger partial charge in [-0.2, -0.15) is 5.10 Å². The van der Waals surface area contributed by atoms with E-state index in [-0.39, 0.29) is 17.5 Å². The number of nitrogens with zero attached hydrogens (tertiary/aromatic N) is 2. The Bertz CT molecular complexity index is 374. The molecule has 0 saturated heterocycles. The number of nitrogens with two attached hydrogens (primary N) is 1. The molecule has 0 aliphatic rings. The van der Waals surface area contributed by atoms with Crippen molar-refractivity contribution in [3.05, 3.63) is 15.9 Å². The molecule has 0 aromatic carbocycles. The summed E-state index contributed by atoms with van der Waals surface area (Å²) in [7, 11) is 0. The smallest absolute Gasteiger partial charge is 0.0738 e. The van der Waals surface area contributed by atoms with Gasteiger partial charge >= 0.3 is 0 Å². The molecule has 0 aliphatic carbocycles. The first-order valence-electron chi connectivity index (χ1n) is 5.63. The Morgan fingerprint density at radius 2 is 1.81 bits per heavy atom. The summed E-state index contributed by atoms with van der Waals surface area (Å²) in [4.78, 5) is 0. The third kappa shape index (κ3) is 2.48. The molecule has 16 heavy (non-hydrogen) atoms. The van der Waals surface area contributed by atoms with E-state index >= 15 is 0 Å². The van der Waals surface area contributed by atoms with Crippen LogP contribution in [0.4, 0.5) is 0 Å². The van der Waals surface area contributed by atoms with E-state index in [1.165, 1.54) is 0 Å². The van der Waals surface area contributed by atoms with Crippen LogP contribution in [-0.2, 0) is 0 Å². The van der Waals surface area contributed by atoms with E-state index in [1.54, 1.807) is 0 Å².